The minimum atomic E-state index is -0.214. The maximum atomic E-state index is 12.4. The van der Waals surface area contributed by atoms with E-state index in [2.05, 4.69) is 20.5 Å². The summed E-state index contributed by atoms with van der Waals surface area (Å²) in [5.74, 6) is 1.32. The van der Waals surface area contributed by atoms with Gasteiger partial charge in [0.1, 0.15) is 5.76 Å². The van der Waals surface area contributed by atoms with Gasteiger partial charge in [0.2, 0.25) is 5.91 Å². The number of furan rings is 1. The molecular formula is C20H16ClN5O2S. The second-order valence-corrected chi connectivity index (χ2v) is 7.35. The Balaban J connectivity index is 1.59. The standard InChI is InChI=1S/C20H16ClN5O2S/c1-13-15(9-11-28-13)19-24-25-20(26(19)14-6-3-2-4-7-14)29-12-17(27)23-16-8-5-10-22-18(16)21/h2-11H,12H2,1H3,(H,23,27). The summed E-state index contributed by atoms with van der Waals surface area (Å²) < 4.78 is 7.33. The summed E-state index contributed by atoms with van der Waals surface area (Å²) in [5.41, 5.74) is 2.21. The highest BCUT2D eigenvalue weighted by Gasteiger charge is 2.19. The number of aromatic nitrogens is 4. The Kier molecular flexibility index (Phi) is 5.64. The zero-order valence-electron chi connectivity index (χ0n) is 15.4. The number of nitrogens with one attached hydrogen (secondary N) is 1. The van der Waals surface area contributed by atoms with Crippen molar-refractivity contribution in [2.75, 3.05) is 11.1 Å². The second kappa shape index (κ2) is 8.50. The van der Waals surface area contributed by atoms with Gasteiger partial charge in [0.05, 0.1) is 23.3 Å². The molecule has 0 fully saturated rings. The molecule has 0 saturated carbocycles. The molecule has 0 atom stereocenters. The molecule has 3 aromatic heterocycles. The third-order valence-electron chi connectivity index (χ3n) is 4.11. The van der Waals surface area contributed by atoms with Crippen molar-refractivity contribution in [3.8, 4) is 17.1 Å². The van der Waals surface area contributed by atoms with Crippen molar-refractivity contribution in [1.29, 1.82) is 0 Å². The van der Waals surface area contributed by atoms with Crippen LogP contribution in [0.1, 0.15) is 5.76 Å². The Hall–Kier alpha value is -3.10. The fraction of sp³-hybridized carbons (Fsp3) is 0.100. The number of amides is 1. The van der Waals surface area contributed by atoms with Crippen molar-refractivity contribution in [3.05, 3.63) is 71.9 Å². The van der Waals surface area contributed by atoms with Crippen LogP contribution in [0.25, 0.3) is 17.1 Å². The Labute approximate surface area is 176 Å². The monoisotopic (exact) mass is 425 g/mol. The van der Waals surface area contributed by atoms with Crippen LogP contribution in [-0.4, -0.2) is 31.4 Å². The number of rotatable bonds is 6. The summed E-state index contributed by atoms with van der Waals surface area (Å²) in [4.78, 5) is 16.3. The molecule has 0 bridgehead atoms. The average Bonchev–Trinajstić information content (AvgIpc) is 3.34. The molecule has 1 N–H and O–H groups in total. The fourth-order valence-corrected chi connectivity index (χ4v) is 3.68. The minimum absolute atomic E-state index is 0.139. The van der Waals surface area contributed by atoms with E-state index in [0.717, 1.165) is 17.0 Å². The van der Waals surface area contributed by atoms with Crippen molar-refractivity contribution < 1.29 is 9.21 Å². The molecular weight excluding hydrogens is 410 g/mol. The highest BCUT2D eigenvalue weighted by atomic mass is 35.5. The first kappa shape index (κ1) is 19.2. The number of carbonyl (C=O) groups excluding carboxylic acids is 1. The molecule has 29 heavy (non-hydrogen) atoms. The molecule has 4 aromatic rings. The van der Waals surface area contributed by atoms with Crippen LogP contribution in [0.15, 0.2) is 70.6 Å². The molecule has 0 aliphatic heterocycles. The largest absolute Gasteiger partial charge is 0.469 e. The van der Waals surface area contributed by atoms with Gasteiger partial charge in [0.15, 0.2) is 16.1 Å². The number of anilines is 1. The van der Waals surface area contributed by atoms with Crippen LogP contribution in [0, 0.1) is 6.92 Å². The number of para-hydroxylation sites is 1. The van der Waals surface area contributed by atoms with Crippen LogP contribution in [0.2, 0.25) is 5.15 Å². The lowest BCUT2D eigenvalue weighted by molar-refractivity contribution is -0.113. The molecule has 1 amide bonds. The van der Waals surface area contributed by atoms with Gasteiger partial charge in [-0.2, -0.15) is 0 Å². The lowest BCUT2D eigenvalue weighted by Gasteiger charge is -2.10. The molecule has 146 valence electrons. The van der Waals surface area contributed by atoms with Crippen molar-refractivity contribution in [3.63, 3.8) is 0 Å². The van der Waals surface area contributed by atoms with Gasteiger partial charge in [-0.05, 0) is 37.3 Å². The van der Waals surface area contributed by atoms with Crippen molar-refractivity contribution >= 4 is 35.0 Å². The number of halogens is 1. The third-order valence-corrected chi connectivity index (χ3v) is 5.34. The van der Waals surface area contributed by atoms with E-state index in [1.165, 1.54) is 11.8 Å². The summed E-state index contributed by atoms with van der Waals surface area (Å²) in [6, 6.07) is 15.0. The number of hydrogen-bond acceptors (Lipinski definition) is 6. The van der Waals surface area contributed by atoms with Gasteiger partial charge in [-0.3, -0.25) is 9.36 Å². The van der Waals surface area contributed by atoms with Crippen LogP contribution in [-0.2, 0) is 4.79 Å². The highest BCUT2D eigenvalue weighted by molar-refractivity contribution is 7.99. The van der Waals surface area contributed by atoms with E-state index in [4.69, 9.17) is 16.0 Å². The highest BCUT2D eigenvalue weighted by Crippen LogP contribution is 2.30. The first-order valence-electron chi connectivity index (χ1n) is 8.72. The van der Waals surface area contributed by atoms with Gasteiger partial charge in [0.25, 0.3) is 0 Å². The number of hydrogen-bond donors (Lipinski definition) is 1. The topological polar surface area (TPSA) is 85.8 Å². The molecule has 4 rings (SSSR count). The summed E-state index contributed by atoms with van der Waals surface area (Å²) in [6.07, 6.45) is 3.18. The molecule has 0 saturated heterocycles. The Morgan fingerprint density at radius 2 is 2.00 bits per heavy atom. The second-order valence-electron chi connectivity index (χ2n) is 6.05. The predicted molar refractivity (Wildman–Crippen MR) is 112 cm³/mol. The minimum Gasteiger partial charge on any atom is -0.469 e. The maximum Gasteiger partial charge on any atom is 0.234 e. The molecule has 3 heterocycles. The van der Waals surface area contributed by atoms with Gasteiger partial charge in [-0.25, -0.2) is 4.98 Å². The maximum absolute atomic E-state index is 12.4. The van der Waals surface area contributed by atoms with E-state index in [1.54, 1.807) is 24.6 Å². The molecule has 0 aliphatic rings. The van der Waals surface area contributed by atoms with Crippen LogP contribution in [0.5, 0.6) is 0 Å². The normalized spacial score (nSPS) is 10.8. The number of benzene rings is 1. The molecule has 1 aromatic carbocycles. The zero-order valence-corrected chi connectivity index (χ0v) is 16.9. The van der Waals surface area contributed by atoms with E-state index in [0.29, 0.717) is 16.7 Å². The number of nitrogens with zero attached hydrogens (tertiary/aromatic N) is 4. The van der Waals surface area contributed by atoms with Crippen molar-refractivity contribution in [2.45, 2.75) is 12.1 Å². The molecule has 9 heteroatoms. The summed E-state index contributed by atoms with van der Waals surface area (Å²) in [5, 5.41) is 12.2. The molecule has 0 aliphatic carbocycles. The van der Waals surface area contributed by atoms with Gasteiger partial charge in [-0.1, -0.05) is 41.6 Å². The lowest BCUT2D eigenvalue weighted by Crippen LogP contribution is -2.15. The molecule has 0 spiro atoms. The SMILES string of the molecule is Cc1occc1-c1nnc(SCC(=O)Nc2cccnc2Cl)n1-c1ccccc1. The van der Waals surface area contributed by atoms with E-state index in [1.807, 2.05) is 47.9 Å². The van der Waals surface area contributed by atoms with Gasteiger partial charge >= 0.3 is 0 Å². The van der Waals surface area contributed by atoms with Crippen molar-refractivity contribution in [2.24, 2.45) is 0 Å². The van der Waals surface area contributed by atoms with Gasteiger partial charge in [0, 0.05) is 11.9 Å². The zero-order chi connectivity index (χ0) is 20.2. The molecule has 0 radical (unpaired) electrons. The quantitative estimate of drug-likeness (QED) is 0.358. The number of pyridine rings is 1. The Bertz CT molecular complexity index is 1140. The molecule has 7 nitrogen and oxygen atoms in total. The Morgan fingerprint density at radius 3 is 2.72 bits per heavy atom. The predicted octanol–water partition coefficient (Wildman–Crippen LogP) is 4.61. The Morgan fingerprint density at radius 1 is 1.17 bits per heavy atom. The average molecular weight is 426 g/mol. The fourth-order valence-electron chi connectivity index (χ4n) is 2.76. The first-order valence-corrected chi connectivity index (χ1v) is 10.1. The lowest BCUT2D eigenvalue weighted by atomic mass is 10.2. The van der Waals surface area contributed by atoms with Gasteiger partial charge in [-0.15, -0.1) is 10.2 Å². The third kappa shape index (κ3) is 4.18. The number of aryl methyl sites for hydroxylation is 1. The van der Waals surface area contributed by atoms with Crippen molar-refractivity contribution in [1.82, 2.24) is 19.7 Å². The summed E-state index contributed by atoms with van der Waals surface area (Å²) in [6.45, 7) is 1.87. The van der Waals surface area contributed by atoms with Crippen LogP contribution >= 0.6 is 23.4 Å². The van der Waals surface area contributed by atoms with E-state index in [-0.39, 0.29) is 16.8 Å². The summed E-state index contributed by atoms with van der Waals surface area (Å²) >= 11 is 7.28. The van der Waals surface area contributed by atoms with E-state index in [9.17, 15) is 4.79 Å². The first-order chi connectivity index (χ1) is 14.1. The van der Waals surface area contributed by atoms with Crippen LogP contribution in [0.4, 0.5) is 5.69 Å². The van der Waals surface area contributed by atoms with Gasteiger partial charge < -0.3 is 9.73 Å². The molecule has 0 unspecified atom stereocenters. The summed E-state index contributed by atoms with van der Waals surface area (Å²) in [7, 11) is 0. The smallest absolute Gasteiger partial charge is 0.234 e. The number of carbonyl (C=O) groups is 1. The van der Waals surface area contributed by atoms with E-state index >= 15 is 0 Å². The van der Waals surface area contributed by atoms with Crippen LogP contribution < -0.4 is 5.32 Å². The number of thioether (sulfide) groups is 1. The van der Waals surface area contributed by atoms with E-state index < -0.39 is 0 Å². The van der Waals surface area contributed by atoms with Crippen LogP contribution in [0.3, 0.4) is 0 Å².